The first-order valence-corrected chi connectivity index (χ1v) is 10.2. The molecule has 0 aliphatic carbocycles. The molecule has 172 valence electrons. The average Bonchev–Trinajstić information content (AvgIpc) is 2.81. The second-order valence-corrected chi connectivity index (χ2v) is 7.54. The molecule has 1 N–H and O–H groups in total. The van der Waals surface area contributed by atoms with Gasteiger partial charge in [-0.25, -0.2) is 0 Å². The van der Waals surface area contributed by atoms with Crippen LogP contribution in [0.4, 0.5) is 13.2 Å². The average molecular weight is 450 g/mol. The van der Waals surface area contributed by atoms with E-state index in [0.717, 1.165) is 17.7 Å². The van der Waals surface area contributed by atoms with E-state index in [0.29, 0.717) is 37.4 Å². The van der Waals surface area contributed by atoms with Gasteiger partial charge in [0.1, 0.15) is 11.5 Å². The number of carbonyl (C=O) groups is 2. The fourth-order valence-corrected chi connectivity index (χ4v) is 3.68. The first-order valence-electron chi connectivity index (χ1n) is 10.2. The molecule has 0 radical (unpaired) electrons. The summed E-state index contributed by atoms with van der Waals surface area (Å²) in [7, 11) is 3.11. The zero-order valence-electron chi connectivity index (χ0n) is 17.9. The Balaban J connectivity index is 1.53. The number of benzene rings is 2. The standard InChI is InChI=1S/C23H25F3N2O4/c1-31-19-7-8-20(32-2)17(13-19)14-27-21(29)15-9-11-28(12-10-15)22(30)16-3-5-18(6-4-16)23(24,25)26/h3-8,13,15H,9-12,14H2,1-2H3,(H,27,29). The van der Waals surface area contributed by atoms with E-state index in [9.17, 15) is 22.8 Å². The molecule has 1 aliphatic heterocycles. The highest BCUT2D eigenvalue weighted by atomic mass is 19.4. The molecule has 3 rings (SSSR count). The van der Waals surface area contributed by atoms with Crippen LogP contribution in [0.5, 0.6) is 11.5 Å². The van der Waals surface area contributed by atoms with Crippen molar-refractivity contribution in [1.82, 2.24) is 10.2 Å². The molecule has 0 bridgehead atoms. The Hall–Kier alpha value is -3.23. The maximum Gasteiger partial charge on any atom is 0.416 e. The van der Waals surface area contributed by atoms with Gasteiger partial charge in [0.05, 0.1) is 19.8 Å². The van der Waals surface area contributed by atoms with Gasteiger partial charge in [0.2, 0.25) is 5.91 Å². The van der Waals surface area contributed by atoms with Crippen LogP contribution in [-0.4, -0.2) is 44.0 Å². The van der Waals surface area contributed by atoms with Crippen molar-refractivity contribution in [3.8, 4) is 11.5 Å². The molecule has 2 amide bonds. The van der Waals surface area contributed by atoms with Gasteiger partial charge in [0.15, 0.2) is 0 Å². The SMILES string of the molecule is COc1ccc(OC)c(CNC(=O)C2CCN(C(=O)c3ccc(C(F)(F)F)cc3)CC2)c1. The number of nitrogens with one attached hydrogen (secondary N) is 1. The Morgan fingerprint density at radius 2 is 1.69 bits per heavy atom. The number of ether oxygens (including phenoxy) is 2. The molecule has 0 spiro atoms. The topological polar surface area (TPSA) is 67.9 Å². The van der Waals surface area contributed by atoms with Crippen LogP contribution >= 0.6 is 0 Å². The van der Waals surface area contributed by atoms with Crippen molar-refractivity contribution in [1.29, 1.82) is 0 Å². The molecule has 0 saturated carbocycles. The van der Waals surface area contributed by atoms with Gasteiger partial charge in [0.25, 0.3) is 5.91 Å². The summed E-state index contributed by atoms with van der Waals surface area (Å²) < 4.78 is 48.6. The second kappa shape index (κ2) is 9.93. The molecule has 0 atom stereocenters. The molecule has 0 unspecified atom stereocenters. The zero-order chi connectivity index (χ0) is 23.3. The minimum absolute atomic E-state index is 0.114. The van der Waals surface area contributed by atoms with E-state index in [1.165, 1.54) is 12.1 Å². The second-order valence-electron chi connectivity index (χ2n) is 7.54. The number of amides is 2. The number of carbonyl (C=O) groups excluding carboxylic acids is 2. The quantitative estimate of drug-likeness (QED) is 0.725. The maximum atomic E-state index is 12.7. The molecule has 1 aliphatic rings. The van der Waals surface area contributed by atoms with E-state index in [-0.39, 0.29) is 29.8 Å². The Bertz CT molecular complexity index is 953. The van der Waals surface area contributed by atoms with Gasteiger partial charge in [-0.05, 0) is 55.3 Å². The largest absolute Gasteiger partial charge is 0.497 e. The lowest BCUT2D eigenvalue weighted by Crippen LogP contribution is -2.43. The monoisotopic (exact) mass is 450 g/mol. The van der Waals surface area contributed by atoms with Crippen molar-refractivity contribution in [3.05, 3.63) is 59.2 Å². The molecule has 0 aromatic heterocycles. The Morgan fingerprint density at radius 1 is 1.03 bits per heavy atom. The van der Waals surface area contributed by atoms with Crippen molar-refractivity contribution in [2.75, 3.05) is 27.3 Å². The molecule has 2 aromatic rings. The highest BCUT2D eigenvalue weighted by Crippen LogP contribution is 2.29. The summed E-state index contributed by atoms with van der Waals surface area (Å²) in [6.45, 7) is 1.00. The van der Waals surface area contributed by atoms with Crippen molar-refractivity contribution >= 4 is 11.8 Å². The lowest BCUT2D eigenvalue weighted by molar-refractivity contribution is -0.137. The molecule has 6 nitrogen and oxygen atoms in total. The maximum absolute atomic E-state index is 12.7. The van der Waals surface area contributed by atoms with Crippen LogP contribution in [0.3, 0.4) is 0 Å². The van der Waals surface area contributed by atoms with Crippen molar-refractivity contribution in [3.63, 3.8) is 0 Å². The summed E-state index contributed by atoms with van der Waals surface area (Å²) in [6, 6.07) is 9.52. The first-order chi connectivity index (χ1) is 15.2. The summed E-state index contributed by atoms with van der Waals surface area (Å²) in [5, 5.41) is 2.91. The summed E-state index contributed by atoms with van der Waals surface area (Å²) in [4.78, 5) is 26.8. The van der Waals surface area contributed by atoms with Gasteiger partial charge < -0.3 is 19.7 Å². The fraction of sp³-hybridized carbons (Fsp3) is 0.391. The van der Waals surface area contributed by atoms with Gasteiger partial charge in [-0.3, -0.25) is 9.59 Å². The number of halogens is 3. The van der Waals surface area contributed by atoms with Crippen LogP contribution in [0.25, 0.3) is 0 Å². The lowest BCUT2D eigenvalue weighted by atomic mass is 9.95. The van der Waals surface area contributed by atoms with Crippen LogP contribution in [0.1, 0.15) is 34.3 Å². The number of rotatable bonds is 6. The molecular weight excluding hydrogens is 425 g/mol. The smallest absolute Gasteiger partial charge is 0.416 e. The van der Waals surface area contributed by atoms with E-state index < -0.39 is 11.7 Å². The lowest BCUT2D eigenvalue weighted by Gasteiger charge is -2.31. The molecular formula is C23H25F3N2O4. The summed E-state index contributed by atoms with van der Waals surface area (Å²) in [5.74, 6) is 0.603. The van der Waals surface area contributed by atoms with Crippen LogP contribution in [0.15, 0.2) is 42.5 Å². The summed E-state index contributed by atoms with van der Waals surface area (Å²) in [5.41, 5.74) is 0.193. The van der Waals surface area contributed by atoms with Gasteiger partial charge in [-0.15, -0.1) is 0 Å². The predicted molar refractivity (Wildman–Crippen MR) is 111 cm³/mol. The fourth-order valence-electron chi connectivity index (χ4n) is 3.68. The van der Waals surface area contributed by atoms with E-state index in [2.05, 4.69) is 5.32 Å². The minimum atomic E-state index is -4.44. The predicted octanol–water partition coefficient (Wildman–Crippen LogP) is 3.89. The van der Waals surface area contributed by atoms with Crippen LogP contribution in [0.2, 0.25) is 0 Å². The first kappa shape index (κ1) is 23.4. The number of nitrogens with zero attached hydrogens (tertiary/aromatic N) is 1. The highest BCUT2D eigenvalue weighted by Gasteiger charge is 2.31. The molecule has 1 fully saturated rings. The third-order valence-corrected chi connectivity index (χ3v) is 5.55. The number of alkyl halides is 3. The third-order valence-electron chi connectivity index (χ3n) is 5.55. The van der Waals surface area contributed by atoms with Crippen LogP contribution in [0, 0.1) is 5.92 Å². The van der Waals surface area contributed by atoms with Gasteiger partial charge in [-0.2, -0.15) is 13.2 Å². The van der Waals surface area contributed by atoms with E-state index in [1.54, 1.807) is 37.3 Å². The Morgan fingerprint density at radius 3 is 2.25 bits per heavy atom. The van der Waals surface area contributed by atoms with Gasteiger partial charge in [-0.1, -0.05) is 0 Å². The molecule has 2 aromatic carbocycles. The summed E-state index contributed by atoms with van der Waals surface area (Å²) >= 11 is 0. The van der Waals surface area contributed by atoms with Crippen LogP contribution < -0.4 is 14.8 Å². The number of hydrogen-bond donors (Lipinski definition) is 1. The van der Waals surface area contributed by atoms with Crippen molar-refractivity contribution in [2.45, 2.75) is 25.6 Å². The normalized spacial score (nSPS) is 14.7. The number of methoxy groups -OCH3 is 2. The van der Waals surface area contributed by atoms with Gasteiger partial charge >= 0.3 is 6.18 Å². The number of likely N-dealkylation sites (tertiary alicyclic amines) is 1. The van der Waals surface area contributed by atoms with E-state index in [4.69, 9.17) is 9.47 Å². The van der Waals surface area contributed by atoms with Gasteiger partial charge in [0, 0.05) is 36.7 Å². The highest BCUT2D eigenvalue weighted by molar-refractivity contribution is 5.94. The molecule has 32 heavy (non-hydrogen) atoms. The van der Waals surface area contributed by atoms with Crippen molar-refractivity contribution < 1.29 is 32.2 Å². The Kier molecular flexibility index (Phi) is 7.27. The minimum Gasteiger partial charge on any atom is -0.497 e. The van der Waals surface area contributed by atoms with Crippen molar-refractivity contribution in [2.24, 2.45) is 5.92 Å². The zero-order valence-corrected chi connectivity index (χ0v) is 17.9. The summed E-state index contributed by atoms with van der Waals surface area (Å²) in [6.07, 6.45) is -3.48. The third kappa shape index (κ3) is 5.52. The van der Waals surface area contributed by atoms with Crippen LogP contribution in [-0.2, 0) is 17.5 Å². The number of piperidine rings is 1. The number of hydrogen-bond acceptors (Lipinski definition) is 4. The van der Waals surface area contributed by atoms with E-state index in [1.807, 2.05) is 0 Å². The molecule has 9 heteroatoms. The molecule has 1 heterocycles. The Labute approximate surface area is 184 Å². The van der Waals surface area contributed by atoms with E-state index >= 15 is 0 Å². The molecule has 1 saturated heterocycles.